The van der Waals surface area contributed by atoms with Crippen LogP contribution in [0.1, 0.15) is 21.5 Å². The Morgan fingerprint density at radius 2 is 1.90 bits per heavy atom. The second kappa shape index (κ2) is 6.10. The van der Waals surface area contributed by atoms with Crippen LogP contribution in [0, 0.1) is 6.92 Å². The van der Waals surface area contributed by atoms with E-state index in [1.807, 2.05) is 31.2 Å². The van der Waals surface area contributed by atoms with Gasteiger partial charge in [0, 0.05) is 6.54 Å². The van der Waals surface area contributed by atoms with Crippen molar-refractivity contribution in [2.45, 2.75) is 13.5 Å². The zero-order valence-electron chi connectivity index (χ0n) is 11.5. The third-order valence-corrected chi connectivity index (χ3v) is 3.05. The second-order valence-corrected chi connectivity index (χ2v) is 4.56. The molecule has 2 N–H and O–H groups in total. The van der Waals surface area contributed by atoms with Gasteiger partial charge in [0.2, 0.25) is 0 Å². The third-order valence-electron chi connectivity index (χ3n) is 3.05. The van der Waals surface area contributed by atoms with Crippen LogP contribution in [0.3, 0.4) is 0 Å². The number of anilines is 1. The van der Waals surface area contributed by atoms with Crippen molar-refractivity contribution in [3.63, 3.8) is 0 Å². The Labute approximate surface area is 118 Å². The summed E-state index contributed by atoms with van der Waals surface area (Å²) < 4.78 is 5.23. The van der Waals surface area contributed by atoms with Gasteiger partial charge in [0.05, 0.1) is 18.4 Å². The predicted molar refractivity (Wildman–Crippen MR) is 78.5 cm³/mol. The lowest BCUT2D eigenvalue weighted by molar-refractivity contribution is 0.0697. The number of carboxylic acids is 1. The molecular weight excluding hydrogens is 254 g/mol. The van der Waals surface area contributed by atoms with Gasteiger partial charge < -0.3 is 15.2 Å². The van der Waals surface area contributed by atoms with Gasteiger partial charge in [-0.3, -0.25) is 0 Å². The van der Waals surface area contributed by atoms with E-state index in [0.717, 1.165) is 5.56 Å². The molecule has 0 heterocycles. The van der Waals surface area contributed by atoms with Crippen LogP contribution < -0.4 is 10.1 Å². The largest absolute Gasteiger partial charge is 0.495 e. The topological polar surface area (TPSA) is 58.6 Å². The molecule has 2 rings (SSSR count). The summed E-state index contributed by atoms with van der Waals surface area (Å²) in [5, 5.41) is 12.2. The fraction of sp³-hybridized carbons (Fsp3) is 0.188. The molecule has 0 amide bonds. The summed E-state index contributed by atoms with van der Waals surface area (Å²) in [7, 11) is 1.56. The molecule has 0 radical (unpaired) electrons. The third kappa shape index (κ3) is 3.29. The van der Waals surface area contributed by atoms with Crippen molar-refractivity contribution in [1.82, 2.24) is 0 Å². The maximum absolute atomic E-state index is 11.0. The van der Waals surface area contributed by atoms with Gasteiger partial charge in [0.25, 0.3) is 0 Å². The monoisotopic (exact) mass is 271 g/mol. The highest BCUT2D eigenvalue weighted by atomic mass is 16.5. The van der Waals surface area contributed by atoms with Gasteiger partial charge in [-0.2, -0.15) is 0 Å². The van der Waals surface area contributed by atoms with Crippen LogP contribution in [0.25, 0.3) is 0 Å². The van der Waals surface area contributed by atoms with Gasteiger partial charge in [0.15, 0.2) is 0 Å². The van der Waals surface area contributed by atoms with Crippen molar-refractivity contribution < 1.29 is 14.6 Å². The maximum Gasteiger partial charge on any atom is 0.335 e. The molecule has 0 aliphatic rings. The molecule has 4 heteroatoms. The molecule has 4 nitrogen and oxygen atoms in total. The quantitative estimate of drug-likeness (QED) is 0.876. The minimum absolute atomic E-state index is 0.234. The molecule has 0 saturated carbocycles. The summed E-state index contributed by atoms with van der Waals surface area (Å²) in [6, 6.07) is 12.9. The summed E-state index contributed by atoms with van der Waals surface area (Å²) in [5.41, 5.74) is 3.24. The van der Waals surface area contributed by atoms with Crippen LogP contribution in [0.2, 0.25) is 0 Å². The number of rotatable bonds is 5. The average Bonchev–Trinajstić information content (AvgIpc) is 2.46. The Kier molecular flexibility index (Phi) is 4.25. The average molecular weight is 271 g/mol. The van der Waals surface area contributed by atoms with Gasteiger partial charge in [-0.1, -0.05) is 29.8 Å². The van der Waals surface area contributed by atoms with Crippen LogP contribution in [0.5, 0.6) is 5.75 Å². The van der Waals surface area contributed by atoms with E-state index in [0.29, 0.717) is 18.0 Å². The van der Waals surface area contributed by atoms with Crippen LogP contribution in [-0.2, 0) is 6.54 Å². The van der Waals surface area contributed by atoms with Crippen molar-refractivity contribution in [2.24, 2.45) is 0 Å². The van der Waals surface area contributed by atoms with E-state index in [2.05, 4.69) is 5.32 Å². The molecule has 0 atom stereocenters. The molecule has 0 bridgehead atoms. The first kappa shape index (κ1) is 13.9. The van der Waals surface area contributed by atoms with E-state index in [-0.39, 0.29) is 5.56 Å². The summed E-state index contributed by atoms with van der Waals surface area (Å²) in [4.78, 5) is 11.0. The van der Waals surface area contributed by atoms with Crippen molar-refractivity contribution in [3.8, 4) is 5.75 Å². The molecule has 0 spiro atoms. The van der Waals surface area contributed by atoms with E-state index in [1.165, 1.54) is 11.6 Å². The van der Waals surface area contributed by atoms with Crippen molar-refractivity contribution in [1.29, 1.82) is 0 Å². The van der Waals surface area contributed by atoms with Crippen molar-refractivity contribution in [3.05, 3.63) is 59.2 Å². The normalized spacial score (nSPS) is 10.1. The minimum atomic E-state index is -0.953. The number of aryl methyl sites for hydroxylation is 1. The number of aromatic carboxylic acids is 1. The maximum atomic E-state index is 11.0. The summed E-state index contributed by atoms with van der Waals surface area (Å²) >= 11 is 0. The molecule has 0 aromatic heterocycles. The number of hydrogen-bond acceptors (Lipinski definition) is 3. The lowest BCUT2D eigenvalue weighted by Gasteiger charge is -2.12. The second-order valence-electron chi connectivity index (χ2n) is 4.56. The van der Waals surface area contributed by atoms with E-state index in [9.17, 15) is 4.79 Å². The van der Waals surface area contributed by atoms with Crippen LogP contribution >= 0.6 is 0 Å². The molecule has 0 saturated heterocycles. The highest BCUT2D eigenvalue weighted by Crippen LogP contribution is 2.26. The van der Waals surface area contributed by atoms with Crippen LogP contribution in [-0.4, -0.2) is 18.2 Å². The molecule has 2 aromatic carbocycles. The number of carbonyl (C=O) groups is 1. The van der Waals surface area contributed by atoms with E-state index >= 15 is 0 Å². The summed E-state index contributed by atoms with van der Waals surface area (Å²) in [6.07, 6.45) is 0. The number of benzene rings is 2. The van der Waals surface area contributed by atoms with Crippen LogP contribution in [0.4, 0.5) is 5.69 Å². The fourth-order valence-corrected chi connectivity index (χ4v) is 1.88. The predicted octanol–water partition coefficient (Wildman–Crippen LogP) is 3.31. The Morgan fingerprint density at radius 3 is 2.50 bits per heavy atom. The zero-order valence-corrected chi connectivity index (χ0v) is 11.5. The number of nitrogens with one attached hydrogen (secondary N) is 1. The Balaban J connectivity index is 2.16. The fourth-order valence-electron chi connectivity index (χ4n) is 1.88. The Hall–Kier alpha value is -2.49. The Bertz CT molecular complexity index is 606. The number of methoxy groups -OCH3 is 1. The van der Waals surface area contributed by atoms with Gasteiger partial charge in [-0.05, 0) is 30.7 Å². The van der Waals surface area contributed by atoms with Gasteiger partial charge in [-0.15, -0.1) is 0 Å². The highest BCUT2D eigenvalue weighted by Gasteiger charge is 2.08. The molecule has 0 aliphatic heterocycles. The van der Waals surface area contributed by atoms with E-state index in [4.69, 9.17) is 9.84 Å². The first-order valence-electron chi connectivity index (χ1n) is 6.31. The number of carboxylic acid groups (broad SMARTS) is 1. The molecule has 0 fully saturated rings. The summed E-state index contributed by atoms with van der Waals surface area (Å²) in [5.74, 6) is -0.326. The smallest absolute Gasteiger partial charge is 0.335 e. The van der Waals surface area contributed by atoms with Crippen molar-refractivity contribution in [2.75, 3.05) is 12.4 Å². The van der Waals surface area contributed by atoms with Crippen molar-refractivity contribution >= 4 is 11.7 Å². The molecule has 20 heavy (non-hydrogen) atoms. The van der Waals surface area contributed by atoms with Gasteiger partial charge in [-0.25, -0.2) is 4.79 Å². The zero-order chi connectivity index (χ0) is 14.5. The lowest BCUT2D eigenvalue weighted by Crippen LogP contribution is -2.04. The lowest BCUT2D eigenvalue weighted by atomic mass is 10.1. The van der Waals surface area contributed by atoms with Gasteiger partial charge in [0.1, 0.15) is 5.75 Å². The Morgan fingerprint density at radius 1 is 1.20 bits per heavy atom. The van der Waals surface area contributed by atoms with Gasteiger partial charge >= 0.3 is 5.97 Å². The molecule has 0 aliphatic carbocycles. The van der Waals surface area contributed by atoms with Crippen LogP contribution in [0.15, 0.2) is 42.5 Å². The minimum Gasteiger partial charge on any atom is -0.495 e. The van der Waals surface area contributed by atoms with E-state index < -0.39 is 5.97 Å². The number of ether oxygens (including phenoxy) is 1. The first-order valence-corrected chi connectivity index (χ1v) is 6.31. The first-order chi connectivity index (χ1) is 9.60. The highest BCUT2D eigenvalue weighted by molar-refractivity contribution is 5.89. The molecule has 104 valence electrons. The number of hydrogen-bond donors (Lipinski definition) is 2. The summed E-state index contributed by atoms with van der Waals surface area (Å²) in [6.45, 7) is 2.65. The molecule has 2 aromatic rings. The SMILES string of the molecule is COc1ccc(C(=O)O)cc1NCc1ccc(C)cc1. The molecular formula is C16H17NO3. The standard InChI is InChI=1S/C16H17NO3/c1-11-3-5-12(6-4-11)10-17-14-9-13(16(18)19)7-8-15(14)20-2/h3-9,17H,10H2,1-2H3,(H,18,19). The molecule has 0 unspecified atom stereocenters. The van der Waals surface area contributed by atoms with E-state index in [1.54, 1.807) is 19.2 Å².